The molecule has 2 heteroatoms. The molecule has 2 aromatic carbocycles. The summed E-state index contributed by atoms with van der Waals surface area (Å²) in [7, 11) is 0. The molecular formula is C29H38O2. The lowest BCUT2D eigenvalue weighted by molar-refractivity contribution is 0.149. The van der Waals surface area contributed by atoms with Gasteiger partial charge in [0.2, 0.25) is 0 Å². The van der Waals surface area contributed by atoms with Crippen LogP contribution in [0.4, 0.5) is 0 Å². The van der Waals surface area contributed by atoms with Crippen LogP contribution in [0.3, 0.4) is 0 Å². The van der Waals surface area contributed by atoms with Gasteiger partial charge in [-0.25, -0.2) is 0 Å². The van der Waals surface area contributed by atoms with Crippen LogP contribution in [0.25, 0.3) is 6.08 Å². The highest BCUT2D eigenvalue weighted by molar-refractivity contribution is 5.58. The number of hydrogen-bond donors (Lipinski definition) is 2. The fraction of sp³-hybridized carbons (Fsp3) is 0.448. The molecule has 0 aromatic heterocycles. The summed E-state index contributed by atoms with van der Waals surface area (Å²) in [6.07, 6.45) is 8.13. The van der Waals surface area contributed by atoms with E-state index in [1.807, 2.05) is 26.0 Å². The van der Waals surface area contributed by atoms with Gasteiger partial charge in [0.1, 0.15) is 11.4 Å². The Hall–Kier alpha value is -2.50. The second kappa shape index (κ2) is 10.7. The smallest absolute Gasteiger partial charge is 0.144 e. The average molecular weight is 419 g/mol. The zero-order valence-corrected chi connectivity index (χ0v) is 20.0. The molecule has 2 nitrogen and oxygen atoms in total. The predicted molar refractivity (Wildman–Crippen MR) is 132 cm³/mol. The van der Waals surface area contributed by atoms with Crippen LogP contribution in [0.2, 0.25) is 0 Å². The first-order valence-electron chi connectivity index (χ1n) is 11.6. The zero-order valence-electron chi connectivity index (χ0n) is 20.0. The molecule has 0 saturated heterocycles. The molecule has 0 aliphatic carbocycles. The van der Waals surface area contributed by atoms with Crippen LogP contribution in [0.5, 0.6) is 5.75 Å². The van der Waals surface area contributed by atoms with Gasteiger partial charge >= 0.3 is 0 Å². The van der Waals surface area contributed by atoms with E-state index in [9.17, 15) is 10.2 Å². The maximum Gasteiger partial charge on any atom is 0.144 e. The highest BCUT2D eigenvalue weighted by Crippen LogP contribution is 2.40. The molecule has 0 aliphatic rings. The van der Waals surface area contributed by atoms with Crippen LogP contribution in [0.15, 0.2) is 42.5 Å². The number of aryl methyl sites for hydroxylation is 2. The van der Waals surface area contributed by atoms with Crippen molar-refractivity contribution in [1.29, 1.82) is 0 Å². The van der Waals surface area contributed by atoms with Gasteiger partial charge in [0.25, 0.3) is 0 Å². The summed E-state index contributed by atoms with van der Waals surface area (Å²) in [6, 6.07) is 12.6. The number of aromatic hydroxyl groups is 1. The monoisotopic (exact) mass is 418 g/mol. The first-order chi connectivity index (χ1) is 14.7. The van der Waals surface area contributed by atoms with Crippen molar-refractivity contribution in [2.45, 2.75) is 84.7 Å². The van der Waals surface area contributed by atoms with Crippen LogP contribution >= 0.6 is 0 Å². The van der Waals surface area contributed by atoms with Crippen molar-refractivity contribution < 1.29 is 10.2 Å². The van der Waals surface area contributed by atoms with E-state index in [-0.39, 0.29) is 5.41 Å². The highest BCUT2D eigenvalue weighted by Gasteiger charge is 2.31. The number of phenolic OH excluding ortho intramolecular Hbond substituents is 1. The van der Waals surface area contributed by atoms with Gasteiger partial charge in [-0.05, 0) is 79.5 Å². The topological polar surface area (TPSA) is 40.5 Å². The summed E-state index contributed by atoms with van der Waals surface area (Å²) in [6.45, 7) is 12.6. The Bertz CT molecular complexity index is 970. The molecule has 0 bridgehead atoms. The number of phenols is 1. The van der Waals surface area contributed by atoms with Crippen molar-refractivity contribution in [1.82, 2.24) is 0 Å². The van der Waals surface area contributed by atoms with Gasteiger partial charge in [-0.15, -0.1) is 0 Å². The van der Waals surface area contributed by atoms with Crippen molar-refractivity contribution in [3.8, 4) is 17.6 Å². The van der Waals surface area contributed by atoms with E-state index in [1.165, 1.54) is 16.7 Å². The van der Waals surface area contributed by atoms with Crippen molar-refractivity contribution in [2.75, 3.05) is 0 Å². The third kappa shape index (κ3) is 5.60. The molecule has 1 unspecified atom stereocenters. The molecule has 166 valence electrons. The van der Waals surface area contributed by atoms with Crippen LogP contribution < -0.4 is 0 Å². The van der Waals surface area contributed by atoms with E-state index in [0.29, 0.717) is 12.2 Å². The number of benzene rings is 2. The number of hydrogen-bond acceptors (Lipinski definition) is 2. The quantitative estimate of drug-likeness (QED) is 0.450. The first-order valence-corrected chi connectivity index (χ1v) is 11.6. The zero-order chi connectivity index (χ0) is 23.1. The highest BCUT2D eigenvalue weighted by atomic mass is 16.3. The van der Waals surface area contributed by atoms with Crippen LogP contribution in [0, 0.1) is 25.7 Å². The van der Waals surface area contributed by atoms with Gasteiger partial charge in [0.15, 0.2) is 0 Å². The summed E-state index contributed by atoms with van der Waals surface area (Å²) in [4.78, 5) is 0. The lowest BCUT2D eigenvalue weighted by Gasteiger charge is -2.34. The van der Waals surface area contributed by atoms with Gasteiger partial charge in [0.05, 0.1) is 0 Å². The summed E-state index contributed by atoms with van der Waals surface area (Å²) < 4.78 is 0. The Balaban J connectivity index is 2.43. The number of rotatable bonds is 8. The van der Waals surface area contributed by atoms with Crippen LogP contribution in [-0.2, 0) is 5.41 Å². The van der Waals surface area contributed by atoms with E-state index < -0.39 is 5.60 Å². The minimum absolute atomic E-state index is 0.0960. The minimum atomic E-state index is -1.08. The summed E-state index contributed by atoms with van der Waals surface area (Å²) in [5.41, 5.74) is 4.52. The van der Waals surface area contributed by atoms with Crippen molar-refractivity contribution in [2.24, 2.45) is 0 Å². The van der Waals surface area contributed by atoms with Crippen molar-refractivity contribution in [3.63, 3.8) is 0 Å². The molecule has 0 saturated carbocycles. The summed E-state index contributed by atoms with van der Waals surface area (Å²) in [5, 5.41) is 20.8. The second-order valence-corrected chi connectivity index (χ2v) is 8.52. The maximum absolute atomic E-state index is 10.8. The van der Waals surface area contributed by atoms with Crippen LogP contribution in [0.1, 0.15) is 87.6 Å². The van der Waals surface area contributed by atoms with Crippen molar-refractivity contribution >= 4 is 6.08 Å². The molecular weight excluding hydrogens is 380 g/mol. The van der Waals surface area contributed by atoms with Gasteiger partial charge < -0.3 is 10.2 Å². The van der Waals surface area contributed by atoms with E-state index in [2.05, 4.69) is 69.9 Å². The fourth-order valence-electron chi connectivity index (χ4n) is 4.16. The molecule has 2 aromatic rings. The maximum atomic E-state index is 10.8. The third-order valence-corrected chi connectivity index (χ3v) is 6.54. The molecule has 2 rings (SSSR count). The normalized spacial score (nSPS) is 13.6. The Morgan fingerprint density at radius 3 is 2.00 bits per heavy atom. The third-order valence-electron chi connectivity index (χ3n) is 6.54. The molecule has 0 radical (unpaired) electrons. The van der Waals surface area contributed by atoms with Gasteiger partial charge in [-0.2, -0.15) is 0 Å². The minimum Gasteiger partial charge on any atom is -0.508 e. The Kier molecular flexibility index (Phi) is 8.54. The lowest BCUT2D eigenvalue weighted by atomic mass is 9.70. The SMILES string of the molecule is CCCC#CC(O)(C=Cc1ccc(C(CC)(CC)c2ccc(O)c(C)c2)cc1C)CC. The Labute approximate surface area is 189 Å². The summed E-state index contributed by atoms with van der Waals surface area (Å²) in [5.74, 6) is 6.44. The number of unbranched alkanes of at least 4 members (excludes halogenated alkanes) is 1. The molecule has 0 spiro atoms. The van der Waals surface area contributed by atoms with E-state index in [0.717, 1.165) is 36.8 Å². The van der Waals surface area contributed by atoms with E-state index in [4.69, 9.17) is 0 Å². The van der Waals surface area contributed by atoms with E-state index >= 15 is 0 Å². The molecule has 0 aliphatic heterocycles. The Morgan fingerprint density at radius 1 is 0.871 bits per heavy atom. The predicted octanol–water partition coefficient (Wildman–Crippen LogP) is 7.07. The molecule has 31 heavy (non-hydrogen) atoms. The molecule has 0 amide bonds. The average Bonchev–Trinajstić information content (AvgIpc) is 2.77. The fourth-order valence-corrected chi connectivity index (χ4v) is 4.16. The van der Waals surface area contributed by atoms with Gasteiger partial charge in [-0.1, -0.05) is 75.9 Å². The van der Waals surface area contributed by atoms with Gasteiger partial charge in [-0.3, -0.25) is 0 Å². The lowest BCUT2D eigenvalue weighted by Crippen LogP contribution is -2.26. The largest absolute Gasteiger partial charge is 0.508 e. The molecule has 1 atom stereocenters. The molecule has 0 fully saturated rings. The van der Waals surface area contributed by atoms with E-state index in [1.54, 1.807) is 6.07 Å². The second-order valence-electron chi connectivity index (χ2n) is 8.52. The number of aliphatic hydroxyl groups is 1. The molecule has 2 N–H and O–H groups in total. The van der Waals surface area contributed by atoms with Gasteiger partial charge in [0, 0.05) is 11.8 Å². The molecule has 0 heterocycles. The summed E-state index contributed by atoms with van der Waals surface area (Å²) >= 11 is 0. The van der Waals surface area contributed by atoms with Crippen molar-refractivity contribution in [3.05, 3.63) is 70.3 Å². The Morgan fingerprint density at radius 2 is 1.48 bits per heavy atom. The first kappa shape index (κ1) is 24.8. The van der Waals surface area contributed by atoms with Crippen LogP contribution in [-0.4, -0.2) is 15.8 Å². The standard InChI is InChI=1S/C29H38O2/c1-7-11-12-18-28(31,8-2)19-17-24-13-14-25(20-22(24)5)29(9-3,10-4)26-15-16-27(30)23(6)21-26/h13-17,19-21,30-31H,7-11H2,1-6H3.